The minimum absolute atomic E-state index is 0.0661. The number of rotatable bonds is 3. The molecule has 3 nitrogen and oxygen atoms in total. The van der Waals surface area contributed by atoms with E-state index in [0.29, 0.717) is 6.10 Å². The van der Waals surface area contributed by atoms with Gasteiger partial charge in [0.05, 0.1) is 17.3 Å². The lowest BCUT2D eigenvalue weighted by atomic mass is 9.91. The van der Waals surface area contributed by atoms with Crippen LogP contribution in [0.5, 0.6) is 0 Å². The Bertz CT molecular complexity index is 234. The molecule has 0 bridgehead atoms. The first kappa shape index (κ1) is 11.4. The minimum Gasteiger partial charge on any atom is -0.387 e. The van der Waals surface area contributed by atoms with Gasteiger partial charge in [-0.25, -0.2) is 0 Å². The number of nitrogens with zero attached hydrogens (tertiary/aromatic N) is 1. The Morgan fingerprint density at radius 3 is 2.53 bits per heavy atom. The van der Waals surface area contributed by atoms with Crippen LogP contribution in [-0.4, -0.2) is 46.9 Å². The molecule has 2 heterocycles. The predicted molar refractivity (Wildman–Crippen MR) is 59.9 cm³/mol. The largest absolute Gasteiger partial charge is 0.387 e. The average Bonchev–Trinajstić information content (AvgIpc) is 2.42. The summed E-state index contributed by atoms with van der Waals surface area (Å²) in [4.78, 5) is 2.30. The van der Waals surface area contributed by atoms with Crippen molar-refractivity contribution in [1.82, 2.24) is 4.90 Å². The molecule has 15 heavy (non-hydrogen) atoms. The lowest BCUT2D eigenvalue weighted by molar-refractivity contribution is -0.120. The molecule has 2 fully saturated rings. The number of ether oxygens (including phenoxy) is 1. The first-order chi connectivity index (χ1) is 6.92. The molecule has 0 amide bonds. The third-order valence-corrected chi connectivity index (χ3v) is 3.71. The second kappa shape index (κ2) is 3.72. The molecule has 0 radical (unpaired) electrons. The lowest BCUT2D eigenvalue weighted by Gasteiger charge is -2.47. The second-order valence-electron chi connectivity index (χ2n) is 5.79. The highest BCUT2D eigenvalue weighted by Gasteiger charge is 2.41. The zero-order chi connectivity index (χ0) is 11.1. The maximum absolute atomic E-state index is 9.88. The zero-order valence-corrected chi connectivity index (χ0v) is 10.1. The Kier molecular flexibility index (Phi) is 2.82. The van der Waals surface area contributed by atoms with Crippen LogP contribution in [0.4, 0.5) is 0 Å². The standard InChI is InChI=1S/C12H23NO2/c1-4-12(14)8-13(9-12)7-10-5-6-11(2,3)15-10/h10,14H,4-9H2,1-3H3. The number of hydrogen-bond donors (Lipinski definition) is 1. The third kappa shape index (κ3) is 2.52. The fraction of sp³-hybridized carbons (Fsp3) is 1.00. The van der Waals surface area contributed by atoms with Crippen molar-refractivity contribution in [2.45, 2.75) is 57.3 Å². The van der Waals surface area contributed by atoms with Crippen molar-refractivity contribution >= 4 is 0 Å². The SMILES string of the molecule is CCC1(O)CN(CC2CCC(C)(C)O2)C1. The summed E-state index contributed by atoms with van der Waals surface area (Å²) >= 11 is 0. The van der Waals surface area contributed by atoms with Gasteiger partial charge < -0.3 is 9.84 Å². The van der Waals surface area contributed by atoms with Gasteiger partial charge in [-0.05, 0) is 33.1 Å². The van der Waals surface area contributed by atoms with Crippen molar-refractivity contribution in [1.29, 1.82) is 0 Å². The van der Waals surface area contributed by atoms with Crippen LogP contribution in [-0.2, 0) is 4.74 Å². The summed E-state index contributed by atoms with van der Waals surface area (Å²) in [7, 11) is 0. The molecule has 0 aliphatic carbocycles. The molecule has 2 aliphatic heterocycles. The van der Waals surface area contributed by atoms with E-state index in [4.69, 9.17) is 4.74 Å². The number of likely N-dealkylation sites (tertiary alicyclic amines) is 1. The van der Waals surface area contributed by atoms with Gasteiger partial charge in [0, 0.05) is 19.6 Å². The van der Waals surface area contributed by atoms with Crippen LogP contribution in [0.15, 0.2) is 0 Å². The monoisotopic (exact) mass is 213 g/mol. The maximum atomic E-state index is 9.88. The fourth-order valence-corrected chi connectivity index (χ4v) is 2.63. The van der Waals surface area contributed by atoms with Crippen LogP contribution in [0, 0.1) is 0 Å². The third-order valence-electron chi connectivity index (χ3n) is 3.71. The van der Waals surface area contributed by atoms with Crippen LogP contribution in [0.1, 0.15) is 40.0 Å². The van der Waals surface area contributed by atoms with Gasteiger partial charge in [-0.3, -0.25) is 4.90 Å². The normalized spacial score (nSPS) is 34.0. The minimum atomic E-state index is -0.409. The average molecular weight is 213 g/mol. The first-order valence-electron chi connectivity index (χ1n) is 6.05. The van der Waals surface area contributed by atoms with Crippen LogP contribution in [0.2, 0.25) is 0 Å². The summed E-state index contributed by atoms with van der Waals surface area (Å²) in [6, 6.07) is 0. The number of β-amino-alcohol motifs (C(OH)–C–C–N with tert-alkyl or cyclic N) is 1. The van der Waals surface area contributed by atoms with E-state index in [0.717, 1.165) is 38.9 Å². The van der Waals surface area contributed by atoms with Crippen molar-refractivity contribution in [3.05, 3.63) is 0 Å². The van der Waals surface area contributed by atoms with Gasteiger partial charge in [0.1, 0.15) is 0 Å². The van der Waals surface area contributed by atoms with Crippen molar-refractivity contribution in [3.63, 3.8) is 0 Å². The molecule has 1 N–H and O–H groups in total. The van der Waals surface area contributed by atoms with E-state index in [2.05, 4.69) is 18.7 Å². The van der Waals surface area contributed by atoms with Crippen molar-refractivity contribution in [2.24, 2.45) is 0 Å². The molecule has 1 atom stereocenters. The molecule has 0 spiro atoms. The summed E-state index contributed by atoms with van der Waals surface area (Å²) in [5.41, 5.74) is -0.343. The predicted octanol–water partition coefficient (Wildman–Crippen LogP) is 1.40. The van der Waals surface area contributed by atoms with E-state index >= 15 is 0 Å². The van der Waals surface area contributed by atoms with E-state index in [1.165, 1.54) is 0 Å². The summed E-state index contributed by atoms with van der Waals surface area (Å²) in [6.07, 6.45) is 3.55. The molecule has 0 aromatic carbocycles. The van der Waals surface area contributed by atoms with E-state index in [-0.39, 0.29) is 5.60 Å². The molecule has 2 aliphatic rings. The zero-order valence-electron chi connectivity index (χ0n) is 10.1. The van der Waals surface area contributed by atoms with E-state index < -0.39 is 5.60 Å². The van der Waals surface area contributed by atoms with Gasteiger partial charge >= 0.3 is 0 Å². The molecule has 0 aromatic heterocycles. The van der Waals surface area contributed by atoms with Gasteiger partial charge in [0.25, 0.3) is 0 Å². The highest BCUT2D eigenvalue weighted by molar-refractivity contribution is 4.96. The summed E-state index contributed by atoms with van der Waals surface area (Å²) < 4.78 is 5.93. The number of aliphatic hydroxyl groups is 1. The van der Waals surface area contributed by atoms with E-state index in [9.17, 15) is 5.11 Å². The lowest BCUT2D eigenvalue weighted by Crippen LogP contribution is -2.62. The summed E-state index contributed by atoms with van der Waals surface area (Å²) in [5, 5.41) is 9.88. The molecule has 0 aromatic rings. The van der Waals surface area contributed by atoms with Crippen LogP contribution in [0.25, 0.3) is 0 Å². The fourth-order valence-electron chi connectivity index (χ4n) is 2.63. The molecular weight excluding hydrogens is 190 g/mol. The molecule has 2 saturated heterocycles. The van der Waals surface area contributed by atoms with Crippen molar-refractivity contribution < 1.29 is 9.84 Å². The van der Waals surface area contributed by atoms with Gasteiger partial charge in [-0.15, -0.1) is 0 Å². The molecule has 2 rings (SSSR count). The molecule has 0 saturated carbocycles. The van der Waals surface area contributed by atoms with Crippen LogP contribution in [0.3, 0.4) is 0 Å². The van der Waals surface area contributed by atoms with Gasteiger partial charge in [-0.2, -0.15) is 0 Å². The maximum Gasteiger partial charge on any atom is 0.0897 e. The van der Waals surface area contributed by atoms with Gasteiger partial charge in [-0.1, -0.05) is 6.92 Å². The Balaban J connectivity index is 1.72. The molecule has 3 heteroatoms. The Hall–Kier alpha value is -0.120. The van der Waals surface area contributed by atoms with Crippen LogP contribution >= 0.6 is 0 Å². The van der Waals surface area contributed by atoms with Crippen molar-refractivity contribution in [3.8, 4) is 0 Å². The van der Waals surface area contributed by atoms with E-state index in [1.54, 1.807) is 0 Å². The topological polar surface area (TPSA) is 32.7 Å². The smallest absolute Gasteiger partial charge is 0.0897 e. The number of hydrogen-bond acceptors (Lipinski definition) is 3. The second-order valence-corrected chi connectivity index (χ2v) is 5.79. The van der Waals surface area contributed by atoms with Gasteiger partial charge in [0.2, 0.25) is 0 Å². The van der Waals surface area contributed by atoms with E-state index in [1.807, 2.05) is 6.92 Å². The summed E-state index contributed by atoms with van der Waals surface area (Å²) in [5.74, 6) is 0. The van der Waals surface area contributed by atoms with Gasteiger partial charge in [0.15, 0.2) is 0 Å². The Morgan fingerprint density at radius 2 is 2.07 bits per heavy atom. The summed E-state index contributed by atoms with van der Waals surface area (Å²) in [6.45, 7) is 9.00. The highest BCUT2D eigenvalue weighted by Crippen LogP contribution is 2.32. The first-order valence-corrected chi connectivity index (χ1v) is 6.05. The van der Waals surface area contributed by atoms with Crippen molar-refractivity contribution in [2.75, 3.05) is 19.6 Å². The molecule has 88 valence electrons. The quantitative estimate of drug-likeness (QED) is 0.769. The Morgan fingerprint density at radius 1 is 1.40 bits per heavy atom. The Labute approximate surface area is 92.4 Å². The molecule has 1 unspecified atom stereocenters. The van der Waals surface area contributed by atoms with Crippen LogP contribution < -0.4 is 0 Å². The molecular formula is C12H23NO2. The highest BCUT2D eigenvalue weighted by atomic mass is 16.5.